The first kappa shape index (κ1) is 14.8. The van der Waals surface area contributed by atoms with Crippen molar-refractivity contribution in [3.63, 3.8) is 0 Å². The van der Waals surface area contributed by atoms with Crippen molar-refractivity contribution in [1.29, 1.82) is 0 Å². The monoisotopic (exact) mass is 292 g/mol. The summed E-state index contributed by atoms with van der Waals surface area (Å²) >= 11 is 0. The SMILES string of the molecule is Cc1cccc(C(=O)O)c1OCC(=O)NC(=O)NC1CC1. The smallest absolute Gasteiger partial charge is 0.339 e. The number of ether oxygens (including phenoxy) is 1. The lowest BCUT2D eigenvalue weighted by atomic mass is 10.1. The van der Waals surface area contributed by atoms with E-state index >= 15 is 0 Å². The highest BCUT2D eigenvalue weighted by Gasteiger charge is 2.24. The summed E-state index contributed by atoms with van der Waals surface area (Å²) < 4.78 is 5.24. The number of carboxylic acids is 1. The summed E-state index contributed by atoms with van der Waals surface area (Å²) in [6.07, 6.45) is 1.84. The molecule has 7 nitrogen and oxygen atoms in total. The van der Waals surface area contributed by atoms with Gasteiger partial charge in [0.1, 0.15) is 11.3 Å². The maximum atomic E-state index is 11.6. The summed E-state index contributed by atoms with van der Waals surface area (Å²) in [7, 11) is 0. The van der Waals surface area contributed by atoms with Crippen LogP contribution in [0.1, 0.15) is 28.8 Å². The second kappa shape index (κ2) is 6.25. The first-order valence-electron chi connectivity index (χ1n) is 6.53. The lowest BCUT2D eigenvalue weighted by Crippen LogP contribution is -2.42. The minimum atomic E-state index is -1.14. The average molecular weight is 292 g/mol. The van der Waals surface area contributed by atoms with Crippen molar-refractivity contribution >= 4 is 17.9 Å². The van der Waals surface area contributed by atoms with Crippen LogP contribution in [0, 0.1) is 6.92 Å². The minimum Gasteiger partial charge on any atom is -0.483 e. The first-order valence-corrected chi connectivity index (χ1v) is 6.53. The highest BCUT2D eigenvalue weighted by atomic mass is 16.5. The molecule has 0 aliphatic heterocycles. The van der Waals surface area contributed by atoms with Gasteiger partial charge in [0.05, 0.1) is 0 Å². The molecule has 1 fully saturated rings. The number of para-hydroxylation sites is 1. The van der Waals surface area contributed by atoms with E-state index in [2.05, 4.69) is 10.6 Å². The van der Waals surface area contributed by atoms with Crippen LogP contribution >= 0.6 is 0 Å². The molecule has 3 amide bonds. The number of nitrogens with one attached hydrogen (secondary N) is 2. The van der Waals surface area contributed by atoms with E-state index in [1.54, 1.807) is 19.1 Å². The zero-order chi connectivity index (χ0) is 15.4. The number of carbonyl (C=O) groups excluding carboxylic acids is 2. The Labute approximate surface area is 121 Å². The molecule has 1 saturated carbocycles. The number of carboxylic acid groups (broad SMARTS) is 1. The summed E-state index contributed by atoms with van der Waals surface area (Å²) in [5.74, 6) is -1.64. The second-order valence-electron chi connectivity index (χ2n) is 4.84. The molecule has 2 rings (SSSR count). The Morgan fingerprint density at radius 3 is 2.67 bits per heavy atom. The highest BCUT2D eigenvalue weighted by molar-refractivity contribution is 5.95. The molecule has 0 bridgehead atoms. The van der Waals surface area contributed by atoms with Gasteiger partial charge in [0, 0.05) is 6.04 Å². The molecule has 0 spiro atoms. The number of urea groups is 1. The number of amides is 3. The molecule has 7 heteroatoms. The summed E-state index contributed by atoms with van der Waals surface area (Å²) in [6.45, 7) is 1.25. The van der Waals surface area contributed by atoms with E-state index in [1.165, 1.54) is 6.07 Å². The Hall–Kier alpha value is -2.57. The molecule has 112 valence electrons. The van der Waals surface area contributed by atoms with Gasteiger partial charge in [0.25, 0.3) is 5.91 Å². The number of benzene rings is 1. The van der Waals surface area contributed by atoms with Crippen LogP contribution in [0.3, 0.4) is 0 Å². The van der Waals surface area contributed by atoms with E-state index in [4.69, 9.17) is 9.84 Å². The fourth-order valence-electron chi connectivity index (χ4n) is 1.76. The Morgan fingerprint density at radius 1 is 1.33 bits per heavy atom. The van der Waals surface area contributed by atoms with E-state index in [0.717, 1.165) is 12.8 Å². The van der Waals surface area contributed by atoms with Gasteiger partial charge in [0.2, 0.25) is 0 Å². The number of hydrogen-bond acceptors (Lipinski definition) is 4. The fourth-order valence-corrected chi connectivity index (χ4v) is 1.76. The molecule has 21 heavy (non-hydrogen) atoms. The molecule has 0 heterocycles. The van der Waals surface area contributed by atoms with Crippen LogP contribution in [0.25, 0.3) is 0 Å². The molecule has 1 aromatic carbocycles. The first-order chi connectivity index (χ1) is 9.97. The van der Waals surface area contributed by atoms with Gasteiger partial charge >= 0.3 is 12.0 Å². The Balaban J connectivity index is 1.91. The van der Waals surface area contributed by atoms with Crippen LogP contribution in [0.15, 0.2) is 18.2 Å². The van der Waals surface area contributed by atoms with Crippen molar-refractivity contribution in [2.75, 3.05) is 6.61 Å². The van der Waals surface area contributed by atoms with Gasteiger partial charge in [-0.15, -0.1) is 0 Å². The van der Waals surface area contributed by atoms with Crippen LogP contribution < -0.4 is 15.4 Å². The van der Waals surface area contributed by atoms with Crippen molar-refractivity contribution < 1.29 is 24.2 Å². The lowest BCUT2D eigenvalue weighted by molar-refractivity contribution is -0.122. The van der Waals surface area contributed by atoms with E-state index in [9.17, 15) is 14.4 Å². The third kappa shape index (κ3) is 4.20. The maximum absolute atomic E-state index is 11.6. The number of rotatable bonds is 5. The number of carbonyl (C=O) groups is 3. The molecule has 0 unspecified atom stereocenters. The number of aryl methyl sites for hydroxylation is 1. The van der Waals surface area contributed by atoms with Gasteiger partial charge < -0.3 is 15.2 Å². The third-order valence-corrected chi connectivity index (χ3v) is 2.96. The number of aromatic carboxylic acids is 1. The van der Waals surface area contributed by atoms with Crippen molar-refractivity contribution in [1.82, 2.24) is 10.6 Å². The van der Waals surface area contributed by atoms with Gasteiger partial charge in [0.15, 0.2) is 6.61 Å². The molecule has 3 N–H and O–H groups in total. The van der Waals surface area contributed by atoms with Crippen LogP contribution in [0.2, 0.25) is 0 Å². The Bertz CT molecular complexity index is 581. The van der Waals surface area contributed by atoms with Gasteiger partial charge in [-0.05, 0) is 31.4 Å². The molecular weight excluding hydrogens is 276 g/mol. The summed E-state index contributed by atoms with van der Waals surface area (Å²) in [5.41, 5.74) is 0.579. The normalized spacial score (nSPS) is 13.4. The Kier molecular flexibility index (Phi) is 4.42. The minimum absolute atomic E-state index is 0.0229. The largest absolute Gasteiger partial charge is 0.483 e. The predicted octanol–water partition coefficient (Wildman–Crippen LogP) is 1.06. The summed E-state index contributed by atoms with van der Waals surface area (Å²) in [5, 5.41) is 13.8. The quantitative estimate of drug-likeness (QED) is 0.752. The van der Waals surface area contributed by atoms with E-state index in [-0.39, 0.29) is 17.4 Å². The molecule has 1 aliphatic carbocycles. The number of hydrogen-bond donors (Lipinski definition) is 3. The summed E-state index contributed by atoms with van der Waals surface area (Å²) in [4.78, 5) is 34.0. The van der Waals surface area contributed by atoms with E-state index in [1.807, 2.05) is 0 Å². The summed E-state index contributed by atoms with van der Waals surface area (Å²) in [6, 6.07) is 4.25. The van der Waals surface area contributed by atoms with Crippen LogP contribution in [-0.2, 0) is 4.79 Å². The lowest BCUT2D eigenvalue weighted by Gasteiger charge is -2.11. The molecule has 0 atom stereocenters. The van der Waals surface area contributed by atoms with Crippen molar-refractivity contribution in [2.24, 2.45) is 0 Å². The fraction of sp³-hybridized carbons (Fsp3) is 0.357. The second-order valence-corrected chi connectivity index (χ2v) is 4.84. The molecule has 0 radical (unpaired) electrons. The molecule has 0 saturated heterocycles. The topological polar surface area (TPSA) is 105 Å². The Morgan fingerprint density at radius 2 is 2.05 bits per heavy atom. The van der Waals surface area contributed by atoms with Crippen molar-refractivity contribution in [3.05, 3.63) is 29.3 Å². The highest BCUT2D eigenvalue weighted by Crippen LogP contribution is 2.23. The average Bonchev–Trinajstić information content (AvgIpc) is 3.20. The molecular formula is C14H16N2O5. The van der Waals surface area contributed by atoms with E-state index in [0.29, 0.717) is 5.56 Å². The van der Waals surface area contributed by atoms with Gasteiger partial charge in [-0.3, -0.25) is 10.1 Å². The zero-order valence-electron chi connectivity index (χ0n) is 11.5. The predicted molar refractivity (Wildman–Crippen MR) is 73.3 cm³/mol. The van der Waals surface area contributed by atoms with Gasteiger partial charge in [-0.1, -0.05) is 12.1 Å². The maximum Gasteiger partial charge on any atom is 0.339 e. The van der Waals surface area contributed by atoms with E-state index < -0.39 is 24.5 Å². The molecule has 1 aromatic rings. The zero-order valence-corrected chi connectivity index (χ0v) is 11.5. The van der Waals surface area contributed by atoms with Gasteiger partial charge in [-0.2, -0.15) is 0 Å². The van der Waals surface area contributed by atoms with Crippen LogP contribution in [0.5, 0.6) is 5.75 Å². The van der Waals surface area contributed by atoms with Gasteiger partial charge in [-0.25, -0.2) is 9.59 Å². The van der Waals surface area contributed by atoms with Crippen LogP contribution in [0.4, 0.5) is 4.79 Å². The standard InChI is InChI=1S/C14H16N2O5/c1-8-3-2-4-10(13(18)19)12(8)21-7-11(17)16-14(20)15-9-5-6-9/h2-4,9H,5-7H2,1H3,(H,18,19)(H2,15,16,17,20). The van der Waals surface area contributed by atoms with Crippen molar-refractivity contribution in [3.8, 4) is 5.75 Å². The molecule has 1 aliphatic rings. The molecule has 0 aromatic heterocycles. The third-order valence-electron chi connectivity index (χ3n) is 2.96. The van der Waals surface area contributed by atoms with Crippen molar-refractivity contribution in [2.45, 2.75) is 25.8 Å². The van der Waals surface area contributed by atoms with Crippen LogP contribution in [-0.4, -0.2) is 35.7 Å². The number of imide groups is 1.